The Bertz CT molecular complexity index is 1530. The van der Waals surface area contributed by atoms with Crippen LogP contribution in [-0.4, -0.2) is 36.6 Å². The first kappa shape index (κ1) is 24.1. The Morgan fingerprint density at radius 2 is 1.49 bits per heavy atom. The maximum atomic E-state index is 13.5. The molecule has 0 fully saturated rings. The molecule has 1 unspecified atom stereocenters. The minimum atomic E-state index is -0.852. The number of aromatic nitrogens is 1. The van der Waals surface area contributed by atoms with Crippen LogP contribution in [0.3, 0.4) is 0 Å². The van der Waals surface area contributed by atoms with Gasteiger partial charge in [0.1, 0.15) is 5.69 Å². The highest BCUT2D eigenvalue weighted by atomic mass is 16.5. The van der Waals surface area contributed by atoms with Crippen molar-refractivity contribution in [3.8, 4) is 16.9 Å². The number of anilines is 1. The predicted molar refractivity (Wildman–Crippen MR) is 140 cm³/mol. The number of esters is 2. The Hall–Kier alpha value is -4.65. The third kappa shape index (κ3) is 3.98. The fourth-order valence-corrected chi connectivity index (χ4v) is 4.97. The topological polar surface area (TPSA) is 86.6 Å². The van der Waals surface area contributed by atoms with Gasteiger partial charge >= 0.3 is 11.9 Å². The molecule has 186 valence electrons. The second-order valence-electron chi connectivity index (χ2n) is 9.02. The first-order valence-corrected chi connectivity index (χ1v) is 11.8. The van der Waals surface area contributed by atoms with Crippen LogP contribution in [0.1, 0.15) is 49.0 Å². The van der Waals surface area contributed by atoms with Gasteiger partial charge in [0.2, 0.25) is 5.91 Å². The Balaban J connectivity index is 1.98. The maximum Gasteiger partial charge on any atom is 0.355 e. The Labute approximate surface area is 214 Å². The van der Waals surface area contributed by atoms with Crippen molar-refractivity contribution in [1.29, 1.82) is 0 Å². The van der Waals surface area contributed by atoms with Crippen LogP contribution in [0.2, 0.25) is 0 Å². The number of hydrogen-bond acceptors (Lipinski definition) is 5. The molecule has 1 aliphatic heterocycles. The molecule has 2 heterocycles. The van der Waals surface area contributed by atoms with E-state index in [1.54, 1.807) is 4.57 Å². The summed E-state index contributed by atoms with van der Waals surface area (Å²) < 4.78 is 12.1. The number of aryl methyl sites for hydroxylation is 2. The van der Waals surface area contributed by atoms with Gasteiger partial charge in [-0.05, 0) is 43.2 Å². The van der Waals surface area contributed by atoms with E-state index in [0.29, 0.717) is 22.6 Å². The molecule has 1 atom stereocenters. The van der Waals surface area contributed by atoms with Crippen LogP contribution in [0.15, 0.2) is 72.8 Å². The summed E-state index contributed by atoms with van der Waals surface area (Å²) in [4.78, 5) is 40.3. The molecule has 1 N–H and O–H groups in total. The standard InChI is InChI=1S/C30H26N2O5/c1-17-10-13-20(14-11-17)32-26(19-8-6-5-7-9-19)24(25(29(34)36-3)27(32)30(35)37-4)23-21-16-18(2)12-15-22(21)31-28(23)33/h5-16,23H,1-4H3,(H,31,33). The van der Waals surface area contributed by atoms with Crippen molar-refractivity contribution in [2.45, 2.75) is 19.8 Å². The Morgan fingerprint density at radius 1 is 0.838 bits per heavy atom. The molecular weight excluding hydrogens is 468 g/mol. The van der Waals surface area contributed by atoms with Gasteiger partial charge in [0.25, 0.3) is 0 Å². The van der Waals surface area contributed by atoms with Crippen LogP contribution in [0, 0.1) is 13.8 Å². The smallest absolute Gasteiger partial charge is 0.355 e. The molecule has 0 spiro atoms. The summed E-state index contributed by atoms with van der Waals surface area (Å²) >= 11 is 0. The molecule has 0 aliphatic carbocycles. The van der Waals surface area contributed by atoms with Crippen molar-refractivity contribution in [3.63, 3.8) is 0 Å². The van der Waals surface area contributed by atoms with Crippen LogP contribution < -0.4 is 5.32 Å². The summed E-state index contributed by atoms with van der Waals surface area (Å²) in [5.41, 5.74) is 5.70. The number of hydrogen-bond donors (Lipinski definition) is 1. The van der Waals surface area contributed by atoms with Gasteiger partial charge < -0.3 is 19.4 Å². The van der Waals surface area contributed by atoms with Crippen molar-refractivity contribution in [2.24, 2.45) is 0 Å². The Kier molecular flexibility index (Phi) is 6.13. The molecule has 37 heavy (non-hydrogen) atoms. The van der Waals surface area contributed by atoms with Crippen molar-refractivity contribution in [2.75, 3.05) is 19.5 Å². The predicted octanol–water partition coefficient (Wildman–Crippen LogP) is 5.42. The van der Waals surface area contributed by atoms with E-state index in [1.807, 2.05) is 86.6 Å². The fraction of sp³-hybridized carbons (Fsp3) is 0.167. The first-order valence-electron chi connectivity index (χ1n) is 11.8. The lowest BCUT2D eigenvalue weighted by Gasteiger charge is -2.16. The lowest BCUT2D eigenvalue weighted by Crippen LogP contribution is -2.18. The number of fused-ring (bicyclic) bond motifs is 1. The van der Waals surface area contributed by atoms with Gasteiger partial charge in [0.15, 0.2) is 0 Å². The zero-order valence-electron chi connectivity index (χ0n) is 21.0. The second-order valence-corrected chi connectivity index (χ2v) is 9.02. The highest BCUT2D eigenvalue weighted by Crippen LogP contribution is 2.46. The van der Waals surface area contributed by atoms with Crippen molar-refractivity contribution >= 4 is 23.5 Å². The third-order valence-electron chi connectivity index (χ3n) is 6.64. The molecule has 1 aliphatic rings. The second kappa shape index (κ2) is 9.43. The molecule has 7 heteroatoms. The van der Waals surface area contributed by atoms with Crippen molar-refractivity contribution < 1.29 is 23.9 Å². The summed E-state index contributed by atoms with van der Waals surface area (Å²) in [5.74, 6) is -2.59. The van der Waals surface area contributed by atoms with E-state index in [-0.39, 0.29) is 17.2 Å². The van der Waals surface area contributed by atoms with Gasteiger partial charge in [0, 0.05) is 16.9 Å². The maximum absolute atomic E-state index is 13.5. The molecule has 1 amide bonds. The molecule has 0 bridgehead atoms. The van der Waals surface area contributed by atoms with Gasteiger partial charge in [-0.15, -0.1) is 0 Å². The zero-order chi connectivity index (χ0) is 26.3. The van der Waals surface area contributed by atoms with E-state index in [4.69, 9.17) is 9.47 Å². The van der Waals surface area contributed by atoms with Gasteiger partial charge in [-0.2, -0.15) is 0 Å². The molecule has 0 saturated carbocycles. The highest BCUT2D eigenvalue weighted by Gasteiger charge is 2.42. The van der Waals surface area contributed by atoms with E-state index in [0.717, 1.165) is 22.3 Å². The Morgan fingerprint density at radius 3 is 2.14 bits per heavy atom. The number of amides is 1. The van der Waals surface area contributed by atoms with E-state index >= 15 is 0 Å². The number of benzene rings is 3. The van der Waals surface area contributed by atoms with E-state index in [1.165, 1.54) is 14.2 Å². The quantitative estimate of drug-likeness (QED) is 0.375. The van der Waals surface area contributed by atoms with Crippen LogP contribution in [-0.2, 0) is 14.3 Å². The lowest BCUT2D eigenvalue weighted by atomic mass is 9.87. The number of carbonyl (C=O) groups excluding carboxylic acids is 3. The van der Waals surface area contributed by atoms with Crippen molar-refractivity contribution in [3.05, 3.63) is 106 Å². The zero-order valence-corrected chi connectivity index (χ0v) is 21.0. The van der Waals surface area contributed by atoms with Crippen molar-refractivity contribution in [1.82, 2.24) is 4.57 Å². The number of nitrogens with zero attached hydrogens (tertiary/aromatic N) is 1. The molecular formula is C30H26N2O5. The number of carbonyl (C=O) groups is 3. The minimum absolute atomic E-state index is 0.000888. The van der Waals surface area contributed by atoms with Crippen LogP contribution in [0.4, 0.5) is 5.69 Å². The number of ether oxygens (including phenoxy) is 2. The molecule has 5 rings (SSSR count). The minimum Gasteiger partial charge on any atom is -0.465 e. The summed E-state index contributed by atoms with van der Waals surface area (Å²) in [6.07, 6.45) is 0. The summed E-state index contributed by atoms with van der Waals surface area (Å²) in [6.45, 7) is 3.91. The normalized spacial score (nSPS) is 14.2. The summed E-state index contributed by atoms with van der Waals surface area (Å²) in [5, 5.41) is 2.94. The highest BCUT2D eigenvalue weighted by molar-refractivity contribution is 6.12. The number of nitrogens with one attached hydrogen (secondary N) is 1. The first-order chi connectivity index (χ1) is 17.8. The van der Waals surface area contributed by atoms with E-state index < -0.39 is 17.9 Å². The molecule has 0 radical (unpaired) electrons. The molecule has 0 saturated heterocycles. The van der Waals surface area contributed by atoms with E-state index in [9.17, 15) is 14.4 Å². The van der Waals surface area contributed by atoms with Gasteiger partial charge in [-0.25, -0.2) is 9.59 Å². The van der Waals surface area contributed by atoms with Gasteiger partial charge in [-0.3, -0.25) is 4.79 Å². The van der Waals surface area contributed by atoms with Gasteiger partial charge in [-0.1, -0.05) is 65.7 Å². The largest absolute Gasteiger partial charge is 0.465 e. The molecule has 4 aromatic rings. The summed E-state index contributed by atoms with van der Waals surface area (Å²) in [7, 11) is 2.52. The fourth-order valence-electron chi connectivity index (χ4n) is 4.97. The lowest BCUT2D eigenvalue weighted by molar-refractivity contribution is -0.116. The van der Waals surface area contributed by atoms with Gasteiger partial charge in [0.05, 0.1) is 31.4 Å². The third-order valence-corrected chi connectivity index (χ3v) is 6.64. The number of methoxy groups -OCH3 is 2. The van der Waals surface area contributed by atoms with Crippen LogP contribution in [0.5, 0.6) is 0 Å². The average Bonchev–Trinajstić information content (AvgIpc) is 3.42. The summed E-state index contributed by atoms with van der Waals surface area (Å²) in [6, 6.07) is 22.7. The average molecular weight is 495 g/mol. The SMILES string of the molecule is COC(=O)c1c(C2C(=O)Nc3ccc(C)cc32)c(-c2ccccc2)n(-c2ccc(C)cc2)c1C(=O)OC. The van der Waals surface area contributed by atoms with E-state index in [2.05, 4.69) is 5.32 Å². The molecule has 1 aromatic heterocycles. The molecule has 7 nitrogen and oxygen atoms in total. The van der Waals surface area contributed by atoms with Crippen LogP contribution >= 0.6 is 0 Å². The van der Waals surface area contributed by atoms with Crippen LogP contribution in [0.25, 0.3) is 16.9 Å². The monoisotopic (exact) mass is 494 g/mol. The molecule has 3 aromatic carbocycles. The number of rotatable bonds is 5.